The largest absolute Gasteiger partial charge is 0.490 e. The van der Waals surface area contributed by atoms with Gasteiger partial charge in [-0.1, -0.05) is 19.9 Å². The predicted octanol–water partition coefficient (Wildman–Crippen LogP) is 3.05. The third kappa shape index (κ3) is 2.35. The molecule has 1 aliphatic carbocycles. The van der Waals surface area contributed by atoms with E-state index in [9.17, 15) is 4.79 Å². The second-order valence-electron chi connectivity index (χ2n) is 4.53. The summed E-state index contributed by atoms with van der Waals surface area (Å²) in [5.74, 6) is -0.0310. The van der Waals surface area contributed by atoms with E-state index in [-0.39, 0.29) is 11.7 Å². The topological polar surface area (TPSA) is 46.5 Å². The van der Waals surface area contributed by atoms with Gasteiger partial charge in [-0.25, -0.2) is 4.79 Å². The number of carboxylic acids is 1. The Morgan fingerprint density at radius 3 is 2.62 bits per heavy atom. The van der Waals surface area contributed by atoms with E-state index >= 15 is 0 Å². The maximum absolute atomic E-state index is 11.0. The Kier molecular flexibility index (Phi) is 2.86. The first-order valence-corrected chi connectivity index (χ1v) is 5.62. The van der Waals surface area contributed by atoms with E-state index in [2.05, 4.69) is 13.8 Å². The minimum absolute atomic E-state index is 0.223. The highest BCUT2D eigenvalue weighted by atomic mass is 16.5. The van der Waals surface area contributed by atoms with Gasteiger partial charge in [0.2, 0.25) is 0 Å². The summed E-state index contributed by atoms with van der Waals surface area (Å²) in [6.07, 6.45) is 2.29. The number of hydrogen-bond donors (Lipinski definition) is 1. The van der Waals surface area contributed by atoms with Gasteiger partial charge in [0.1, 0.15) is 11.3 Å². The Balaban J connectivity index is 2.33. The number of rotatable bonds is 4. The molecule has 1 aromatic carbocycles. The van der Waals surface area contributed by atoms with Gasteiger partial charge in [-0.15, -0.1) is 0 Å². The molecule has 0 spiro atoms. The van der Waals surface area contributed by atoms with Crippen LogP contribution in [0, 0.1) is 0 Å². The number of ether oxygens (including phenoxy) is 1. The molecule has 86 valence electrons. The van der Waals surface area contributed by atoms with Gasteiger partial charge in [-0.2, -0.15) is 0 Å². The van der Waals surface area contributed by atoms with Crippen molar-refractivity contribution in [2.24, 2.45) is 0 Å². The fourth-order valence-corrected chi connectivity index (χ4v) is 1.54. The number of benzene rings is 1. The summed E-state index contributed by atoms with van der Waals surface area (Å²) in [6.45, 7) is 4.16. The van der Waals surface area contributed by atoms with Gasteiger partial charge in [0, 0.05) is 0 Å². The van der Waals surface area contributed by atoms with Crippen molar-refractivity contribution in [3.8, 4) is 5.75 Å². The molecule has 1 N–H and O–H groups in total. The molecule has 1 aromatic rings. The fraction of sp³-hybridized carbons (Fsp3) is 0.462. The van der Waals surface area contributed by atoms with E-state index in [0.717, 1.165) is 18.4 Å². The first kappa shape index (κ1) is 11.0. The van der Waals surface area contributed by atoms with Crippen LogP contribution in [0.5, 0.6) is 5.75 Å². The molecular formula is C13H16O3. The van der Waals surface area contributed by atoms with Crippen molar-refractivity contribution in [1.82, 2.24) is 0 Å². The maximum Gasteiger partial charge on any atom is 0.339 e. The van der Waals surface area contributed by atoms with Crippen LogP contribution in [-0.2, 0) is 0 Å². The standard InChI is InChI=1S/C13H16O3/c1-8(2)9-3-6-11(13(14)15)12(7-9)16-10-4-5-10/h3,6-8,10H,4-5H2,1-2H3,(H,14,15). The van der Waals surface area contributed by atoms with Gasteiger partial charge in [0.15, 0.2) is 0 Å². The quantitative estimate of drug-likeness (QED) is 0.848. The highest BCUT2D eigenvalue weighted by molar-refractivity contribution is 5.91. The molecular weight excluding hydrogens is 204 g/mol. The maximum atomic E-state index is 11.0. The second-order valence-corrected chi connectivity index (χ2v) is 4.53. The van der Waals surface area contributed by atoms with Crippen LogP contribution < -0.4 is 4.74 Å². The average Bonchev–Trinajstić information content (AvgIpc) is 3.01. The molecule has 1 aliphatic rings. The van der Waals surface area contributed by atoms with Gasteiger partial charge < -0.3 is 9.84 Å². The first-order valence-electron chi connectivity index (χ1n) is 5.62. The SMILES string of the molecule is CC(C)c1ccc(C(=O)O)c(OC2CC2)c1. The lowest BCUT2D eigenvalue weighted by molar-refractivity contribution is 0.0692. The molecule has 0 heterocycles. The van der Waals surface area contributed by atoms with Crippen LogP contribution in [0.25, 0.3) is 0 Å². The number of carbonyl (C=O) groups is 1. The summed E-state index contributed by atoms with van der Waals surface area (Å²) in [7, 11) is 0. The third-order valence-corrected chi connectivity index (χ3v) is 2.72. The molecule has 0 saturated heterocycles. The molecule has 0 aliphatic heterocycles. The molecule has 0 atom stereocenters. The second kappa shape index (κ2) is 4.16. The van der Waals surface area contributed by atoms with Crippen molar-refractivity contribution in [3.05, 3.63) is 29.3 Å². The Morgan fingerprint density at radius 1 is 1.44 bits per heavy atom. The molecule has 3 nitrogen and oxygen atoms in total. The van der Waals surface area contributed by atoms with Crippen molar-refractivity contribution in [2.75, 3.05) is 0 Å². The molecule has 16 heavy (non-hydrogen) atoms. The van der Waals surface area contributed by atoms with E-state index < -0.39 is 5.97 Å². The van der Waals surface area contributed by atoms with Crippen molar-refractivity contribution in [2.45, 2.75) is 38.7 Å². The minimum Gasteiger partial charge on any atom is -0.490 e. The van der Waals surface area contributed by atoms with Gasteiger partial charge in [-0.3, -0.25) is 0 Å². The van der Waals surface area contributed by atoms with Crippen LogP contribution in [0.2, 0.25) is 0 Å². The molecule has 0 bridgehead atoms. The predicted molar refractivity (Wildman–Crippen MR) is 61.1 cm³/mol. The summed E-state index contributed by atoms with van der Waals surface area (Å²) in [5, 5.41) is 9.05. The normalized spacial score (nSPS) is 15.2. The van der Waals surface area contributed by atoms with Crippen molar-refractivity contribution < 1.29 is 14.6 Å². The zero-order valence-electron chi connectivity index (χ0n) is 9.56. The lowest BCUT2D eigenvalue weighted by atomic mass is 10.0. The van der Waals surface area contributed by atoms with Crippen molar-refractivity contribution in [1.29, 1.82) is 0 Å². The number of hydrogen-bond acceptors (Lipinski definition) is 2. The highest BCUT2D eigenvalue weighted by Gasteiger charge is 2.26. The Bertz CT molecular complexity index is 406. The lowest BCUT2D eigenvalue weighted by Crippen LogP contribution is -2.05. The van der Waals surface area contributed by atoms with Crippen LogP contribution in [0.4, 0.5) is 0 Å². The van der Waals surface area contributed by atoms with E-state index in [1.54, 1.807) is 6.07 Å². The Labute approximate surface area is 95.0 Å². The summed E-state index contributed by atoms with van der Waals surface area (Å²) < 4.78 is 5.63. The Hall–Kier alpha value is -1.51. The Morgan fingerprint density at radius 2 is 2.12 bits per heavy atom. The van der Waals surface area contributed by atoms with E-state index in [1.807, 2.05) is 12.1 Å². The smallest absolute Gasteiger partial charge is 0.339 e. The van der Waals surface area contributed by atoms with E-state index in [4.69, 9.17) is 9.84 Å². The zero-order chi connectivity index (χ0) is 11.7. The van der Waals surface area contributed by atoms with Gasteiger partial charge in [-0.05, 0) is 36.5 Å². The monoisotopic (exact) mass is 220 g/mol. The zero-order valence-corrected chi connectivity index (χ0v) is 9.56. The highest BCUT2D eigenvalue weighted by Crippen LogP contribution is 2.31. The van der Waals surface area contributed by atoms with Gasteiger partial charge >= 0.3 is 5.97 Å². The van der Waals surface area contributed by atoms with E-state index in [0.29, 0.717) is 11.7 Å². The third-order valence-electron chi connectivity index (χ3n) is 2.72. The fourth-order valence-electron chi connectivity index (χ4n) is 1.54. The number of aromatic carboxylic acids is 1. The van der Waals surface area contributed by atoms with Gasteiger partial charge in [0.25, 0.3) is 0 Å². The van der Waals surface area contributed by atoms with Crippen molar-refractivity contribution in [3.63, 3.8) is 0 Å². The van der Waals surface area contributed by atoms with Crippen molar-refractivity contribution >= 4 is 5.97 Å². The molecule has 0 radical (unpaired) electrons. The summed E-state index contributed by atoms with van der Waals surface area (Å²) in [5.41, 5.74) is 1.37. The molecule has 2 rings (SSSR count). The van der Waals surface area contributed by atoms with Crippen LogP contribution in [0.1, 0.15) is 48.5 Å². The van der Waals surface area contributed by atoms with Crippen LogP contribution in [0.3, 0.4) is 0 Å². The summed E-state index contributed by atoms with van der Waals surface area (Å²) >= 11 is 0. The van der Waals surface area contributed by atoms with E-state index in [1.165, 1.54) is 0 Å². The van der Waals surface area contributed by atoms with Crippen LogP contribution in [0.15, 0.2) is 18.2 Å². The molecule has 0 aromatic heterocycles. The molecule has 1 fully saturated rings. The lowest BCUT2D eigenvalue weighted by Gasteiger charge is -2.12. The molecule has 3 heteroatoms. The molecule has 0 amide bonds. The summed E-state index contributed by atoms with van der Waals surface area (Å²) in [6, 6.07) is 5.34. The molecule has 0 unspecified atom stereocenters. The molecule has 1 saturated carbocycles. The first-order chi connectivity index (χ1) is 7.58. The summed E-state index contributed by atoms with van der Waals surface area (Å²) in [4.78, 5) is 11.0. The average molecular weight is 220 g/mol. The van der Waals surface area contributed by atoms with Crippen LogP contribution >= 0.6 is 0 Å². The van der Waals surface area contributed by atoms with Crippen LogP contribution in [-0.4, -0.2) is 17.2 Å². The number of carboxylic acid groups (broad SMARTS) is 1. The minimum atomic E-state index is -0.925. The van der Waals surface area contributed by atoms with Gasteiger partial charge in [0.05, 0.1) is 6.10 Å².